The molecule has 0 aromatic heterocycles. The van der Waals surface area contributed by atoms with Crippen LogP contribution in [0.3, 0.4) is 0 Å². The third-order valence-corrected chi connectivity index (χ3v) is 2.87. The zero-order valence-corrected chi connectivity index (χ0v) is 10.7. The lowest BCUT2D eigenvalue weighted by Gasteiger charge is -2.26. The second-order valence-corrected chi connectivity index (χ2v) is 5.01. The molecule has 2 nitrogen and oxygen atoms in total. The molecule has 0 radical (unpaired) electrons. The Morgan fingerprint density at radius 2 is 1.94 bits per heavy atom. The molecule has 0 bridgehead atoms. The highest BCUT2D eigenvalue weighted by atomic mass is 14.9. The molecule has 0 aliphatic heterocycles. The van der Waals surface area contributed by atoms with Crippen LogP contribution in [0.15, 0.2) is 24.3 Å². The Hall–Kier alpha value is -0.860. The van der Waals surface area contributed by atoms with Gasteiger partial charge >= 0.3 is 0 Å². The van der Waals surface area contributed by atoms with Crippen LogP contribution in [0.5, 0.6) is 0 Å². The van der Waals surface area contributed by atoms with E-state index in [-0.39, 0.29) is 5.54 Å². The quantitative estimate of drug-likeness (QED) is 0.773. The zero-order chi connectivity index (χ0) is 12.0. The van der Waals surface area contributed by atoms with Crippen molar-refractivity contribution in [1.82, 2.24) is 5.32 Å². The Kier molecular flexibility index (Phi) is 4.97. The smallest absolute Gasteiger partial charge is 0.0210 e. The summed E-state index contributed by atoms with van der Waals surface area (Å²) < 4.78 is 0. The van der Waals surface area contributed by atoms with Crippen molar-refractivity contribution in [3.05, 3.63) is 35.4 Å². The summed E-state index contributed by atoms with van der Waals surface area (Å²) in [5.41, 5.74) is 8.36. The first kappa shape index (κ1) is 13.2. The molecule has 0 spiro atoms. The highest BCUT2D eigenvalue weighted by Crippen LogP contribution is 2.12. The summed E-state index contributed by atoms with van der Waals surface area (Å²) >= 11 is 0. The molecule has 0 saturated carbocycles. The fourth-order valence-corrected chi connectivity index (χ4v) is 1.92. The van der Waals surface area contributed by atoms with E-state index in [0.29, 0.717) is 6.54 Å². The normalized spacial score (nSPS) is 11.8. The van der Waals surface area contributed by atoms with Crippen molar-refractivity contribution in [2.45, 2.75) is 52.2 Å². The van der Waals surface area contributed by atoms with Crippen molar-refractivity contribution >= 4 is 0 Å². The SMILES string of the molecule is CCCC(C)(C)NCc1cccc(CN)c1. The van der Waals surface area contributed by atoms with Gasteiger partial charge in [0.05, 0.1) is 0 Å². The Labute approximate surface area is 99.2 Å². The van der Waals surface area contributed by atoms with Crippen molar-refractivity contribution in [1.29, 1.82) is 0 Å². The van der Waals surface area contributed by atoms with Gasteiger partial charge in [-0.25, -0.2) is 0 Å². The number of hydrogen-bond acceptors (Lipinski definition) is 2. The second kappa shape index (κ2) is 6.02. The molecule has 0 unspecified atom stereocenters. The minimum Gasteiger partial charge on any atom is -0.326 e. The number of hydrogen-bond donors (Lipinski definition) is 2. The van der Waals surface area contributed by atoms with E-state index < -0.39 is 0 Å². The van der Waals surface area contributed by atoms with Gasteiger partial charge in [-0.1, -0.05) is 37.6 Å². The molecule has 0 aliphatic rings. The van der Waals surface area contributed by atoms with Crippen LogP contribution in [0.25, 0.3) is 0 Å². The topological polar surface area (TPSA) is 38.0 Å². The summed E-state index contributed by atoms with van der Waals surface area (Å²) in [5, 5.41) is 3.59. The zero-order valence-electron chi connectivity index (χ0n) is 10.7. The van der Waals surface area contributed by atoms with Gasteiger partial charge in [0.15, 0.2) is 0 Å². The number of benzene rings is 1. The summed E-state index contributed by atoms with van der Waals surface area (Å²) in [5.74, 6) is 0. The van der Waals surface area contributed by atoms with Crippen LogP contribution in [0, 0.1) is 0 Å². The van der Waals surface area contributed by atoms with E-state index in [4.69, 9.17) is 5.73 Å². The maximum Gasteiger partial charge on any atom is 0.0210 e. The molecule has 1 aromatic carbocycles. The largest absolute Gasteiger partial charge is 0.326 e. The molecule has 0 fully saturated rings. The predicted octanol–water partition coefficient (Wildman–Crippen LogP) is 2.81. The standard InChI is InChI=1S/C14H24N2/c1-4-8-14(2,3)16-11-13-7-5-6-12(9-13)10-15/h5-7,9,16H,4,8,10-11,15H2,1-3H3. The lowest BCUT2D eigenvalue weighted by atomic mass is 9.98. The Bertz CT molecular complexity index is 318. The fourth-order valence-electron chi connectivity index (χ4n) is 1.92. The van der Waals surface area contributed by atoms with Crippen LogP contribution in [0.4, 0.5) is 0 Å². The molecule has 3 N–H and O–H groups in total. The third-order valence-electron chi connectivity index (χ3n) is 2.87. The van der Waals surface area contributed by atoms with Crippen molar-refractivity contribution in [3.63, 3.8) is 0 Å². The van der Waals surface area contributed by atoms with Gasteiger partial charge in [-0.3, -0.25) is 0 Å². The highest BCUT2D eigenvalue weighted by molar-refractivity contribution is 5.23. The molecule has 0 atom stereocenters. The van der Waals surface area contributed by atoms with Gasteiger partial charge in [-0.05, 0) is 31.4 Å². The van der Waals surface area contributed by atoms with E-state index in [0.717, 1.165) is 6.54 Å². The first-order chi connectivity index (χ1) is 7.57. The van der Waals surface area contributed by atoms with E-state index in [1.165, 1.54) is 24.0 Å². The molecular formula is C14H24N2. The Morgan fingerprint density at radius 3 is 2.56 bits per heavy atom. The maximum atomic E-state index is 5.63. The van der Waals surface area contributed by atoms with Gasteiger partial charge in [-0.2, -0.15) is 0 Å². The van der Waals surface area contributed by atoms with Gasteiger partial charge in [0.25, 0.3) is 0 Å². The lowest BCUT2D eigenvalue weighted by Crippen LogP contribution is -2.38. The summed E-state index contributed by atoms with van der Waals surface area (Å²) in [7, 11) is 0. The molecule has 1 rings (SSSR count). The number of nitrogens with two attached hydrogens (primary N) is 1. The molecule has 0 amide bonds. The minimum absolute atomic E-state index is 0.216. The lowest BCUT2D eigenvalue weighted by molar-refractivity contribution is 0.357. The Morgan fingerprint density at radius 1 is 1.25 bits per heavy atom. The third kappa shape index (κ3) is 4.33. The summed E-state index contributed by atoms with van der Waals surface area (Å²) in [4.78, 5) is 0. The van der Waals surface area contributed by atoms with Crippen molar-refractivity contribution < 1.29 is 0 Å². The molecule has 90 valence electrons. The average Bonchev–Trinajstić information content (AvgIpc) is 2.27. The summed E-state index contributed by atoms with van der Waals surface area (Å²) in [6.07, 6.45) is 2.41. The van der Waals surface area contributed by atoms with Gasteiger partial charge < -0.3 is 11.1 Å². The van der Waals surface area contributed by atoms with Crippen LogP contribution in [-0.4, -0.2) is 5.54 Å². The van der Waals surface area contributed by atoms with Crippen molar-refractivity contribution in [2.75, 3.05) is 0 Å². The average molecular weight is 220 g/mol. The van der Waals surface area contributed by atoms with Crippen LogP contribution in [0.1, 0.15) is 44.7 Å². The van der Waals surface area contributed by atoms with Crippen LogP contribution >= 0.6 is 0 Å². The van der Waals surface area contributed by atoms with E-state index in [1.54, 1.807) is 0 Å². The first-order valence-electron chi connectivity index (χ1n) is 6.10. The van der Waals surface area contributed by atoms with Gasteiger partial charge in [0.2, 0.25) is 0 Å². The van der Waals surface area contributed by atoms with Gasteiger partial charge in [0, 0.05) is 18.6 Å². The number of nitrogens with one attached hydrogen (secondary N) is 1. The molecule has 16 heavy (non-hydrogen) atoms. The van der Waals surface area contributed by atoms with E-state index >= 15 is 0 Å². The number of rotatable bonds is 6. The minimum atomic E-state index is 0.216. The van der Waals surface area contributed by atoms with Crippen LogP contribution in [-0.2, 0) is 13.1 Å². The van der Waals surface area contributed by atoms with Crippen LogP contribution < -0.4 is 11.1 Å². The van der Waals surface area contributed by atoms with Crippen molar-refractivity contribution in [2.24, 2.45) is 5.73 Å². The fraction of sp³-hybridized carbons (Fsp3) is 0.571. The van der Waals surface area contributed by atoms with Crippen LogP contribution in [0.2, 0.25) is 0 Å². The van der Waals surface area contributed by atoms with Gasteiger partial charge in [-0.15, -0.1) is 0 Å². The molecule has 0 aliphatic carbocycles. The van der Waals surface area contributed by atoms with E-state index in [9.17, 15) is 0 Å². The molecular weight excluding hydrogens is 196 g/mol. The first-order valence-corrected chi connectivity index (χ1v) is 6.10. The monoisotopic (exact) mass is 220 g/mol. The van der Waals surface area contributed by atoms with Gasteiger partial charge in [0.1, 0.15) is 0 Å². The maximum absolute atomic E-state index is 5.63. The van der Waals surface area contributed by atoms with Crippen molar-refractivity contribution in [3.8, 4) is 0 Å². The van der Waals surface area contributed by atoms with E-state index in [2.05, 4.69) is 50.4 Å². The molecule has 0 saturated heterocycles. The molecule has 0 heterocycles. The molecule has 1 aromatic rings. The Balaban J connectivity index is 2.53. The predicted molar refractivity (Wildman–Crippen MR) is 70.2 cm³/mol. The summed E-state index contributed by atoms with van der Waals surface area (Å²) in [6.45, 7) is 8.26. The van der Waals surface area contributed by atoms with E-state index in [1.807, 2.05) is 0 Å². The summed E-state index contributed by atoms with van der Waals surface area (Å²) in [6, 6.07) is 8.47. The highest BCUT2D eigenvalue weighted by Gasteiger charge is 2.14. The second-order valence-electron chi connectivity index (χ2n) is 5.01. The molecule has 2 heteroatoms.